The molecule has 0 radical (unpaired) electrons. The molecule has 2 nitrogen and oxygen atoms in total. The summed E-state index contributed by atoms with van der Waals surface area (Å²) in [7, 11) is 0. The van der Waals surface area contributed by atoms with Crippen LogP contribution in [0.5, 0.6) is 0 Å². The van der Waals surface area contributed by atoms with Gasteiger partial charge >= 0.3 is 6.18 Å². The summed E-state index contributed by atoms with van der Waals surface area (Å²) in [4.78, 5) is 1.96. The van der Waals surface area contributed by atoms with E-state index in [1.165, 1.54) is 0 Å². The molecule has 0 spiro atoms. The van der Waals surface area contributed by atoms with E-state index < -0.39 is 12.6 Å². The summed E-state index contributed by atoms with van der Waals surface area (Å²) in [5.41, 5.74) is 0. The molecule has 96 valence electrons. The van der Waals surface area contributed by atoms with E-state index in [0.717, 1.165) is 25.9 Å². The minimum Gasteiger partial charge on any atom is -0.313 e. The van der Waals surface area contributed by atoms with Crippen molar-refractivity contribution >= 4 is 0 Å². The van der Waals surface area contributed by atoms with E-state index in [4.69, 9.17) is 0 Å². The molecular formula is C11H21F3N2. The zero-order valence-corrected chi connectivity index (χ0v) is 9.98. The van der Waals surface area contributed by atoms with Gasteiger partial charge in [0.1, 0.15) is 0 Å². The first-order chi connectivity index (χ1) is 7.38. The fourth-order valence-corrected chi connectivity index (χ4v) is 2.06. The summed E-state index contributed by atoms with van der Waals surface area (Å²) in [6.45, 7) is 5.86. The molecule has 1 rings (SSSR count). The maximum Gasteiger partial charge on any atom is 0.390 e. The molecule has 1 aliphatic heterocycles. The number of nitrogens with one attached hydrogen (secondary N) is 1. The largest absolute Gasteiger partial charge is 0.390 e. The van der Waals surface area contributed by atoms with Crippen LogP contribution in [-0.2, 0) is 0 Å². The average molecular weight is 238 g/mol. The second-order valence-corrected chi connectivity index (χ2v) is 4.76. The van der Waals surface area contributed by atoms with Crippen LogP contribution in [0.15, 0.2) is 0 Å². The lowest BCUT2D eigenvalue weighted by molar-refractivity contribution is -0.138. The van der Waals surface area contributed by atoms with Crippen LogP contribution >= 0.6 is 0 Å². The number of hydrogen-bond acceptors (Lipinski definition) is 2. The third kappa shape index (κ3) is 5.16. The van der Waals surface area contributed by atoms with Gasteiger partial charge in [-0.1, -0.05) is 13.8 Å². The predicted molar refractivity (Wildman–Crippen MR) is 58.4 cm³/mol. The maximum atomic E-state index is 12.1. The molecule has 1 N–H and O–H groups in total. The Bertz CT molecular complexity index is 204. The predicted octanol–water partition coefficient (Wildman–Crippen LogP) is 2.40. The van der Waals surface area contributed by atoms with Crippen molar-refractivity contribution in [2.24, 2.45) is 0 Å². The van der Waals surface area contributed by atoms with Crippen LogP contribution in [0.3, 0.4) is 0 Å². The highest BCUT2D eigenvalue weighted by atomic mass is 19.4. The summed E-state index contributed by atoms with van der Waals surface area (Å²) in [5.74, 6) is 0. The lowest BCUT2D eigenvalue weighted by Crippen LogP contribution is -2.41. The highest BCUT2D eigenvalue weighted by Crippen LogP contribution is 2.23. The molecule has 1 atom stereocenters. The molecular weight excluding hydrogens is 217 g/mol. The van der Waals surface area contributed by atoms with Crippen LogP contribution in [-0.4, -0.2) is 42.8 Å². The molecule has 0 saturated carbocycles. The van der Waals surface area contributed by atoms with Gasteiger partial charge in [-0.05, 0) is 19.4 Å². The number of halogens is 3. The Labute approximate surface area is 95.2 Å². The van der Waals surface area contributed by atoms with Gasteiger partial charge in [-0.3, -0.25) is 4.90 Å². The fourth-order valence-electron chi connectivity index (χ4n) is 2.06. The van der Waals surface area contributed by atoms with Gasteiger partial charge in [0.2, 0.25) is 0 Å². The molecule has 0 bridgehead atoms. The summed E-state index contributed by atoms with van der Waals surface area (Å²) in [6, 6.07) is 0.676. The van der Waals surface area contributed by atoms with E-state index in [1.54, 1.807) is 0 Å². The Morgan fingerprint density at radius 1 is 1.38 bits per heavy atom. The number of likely N-dealkylation sites (tertiary alicyclic amines) is 1. The normalized spacial score (nSPS) is 23.2. The molecule has 16 heavy (non-hydrogen) atoms. The Morgan fingerprint density at radius 2 is 2.06 bits per heavy atom. The molecule has 1 unspecified atom stereocenters. The van der Waals surface area contributed by atoms with Crippen molar-refractivity contribution in [1.82, 2.24) is 10.2 Å². The quantitative estimate of drug-likeness (QED) is 0.791. The van der Waals surface area contributed by atoms with Crippen molar-refractivity contribution < 1.29 is 13.2 Å². The molecule has 1 aliphatic rings. The van der Waals surface area contributed by atoms with Gasteiger partial charge < -0.3 is 5.32 Å². The molecule has 0 aromatic carbocycles. The molecule has 1 heterocycles. The van der Waals surface area contributed by atoms with E-state index >= 15 is 0 Å². The number of hydrogen-bond donors (Lipinski definition) is 1. The second kappa shape index (κ2) is 5.87. The molecule has 1 fully saturated rings. The second-order valence-electron chi connectivity index (χ2n) is 4.76. The van der Waals surface area contributed by atoms with E-state index in [-0.39, 0.29) is 12.6 Å². The maximum absolute atomic E-state index is 12.1. The minimum atomic E-state index is -4.03. The van der Waals surface area contributed by atoms with Crippen molar-refractivity contribution in [2.45, 2.75) is 51.4 Å². The lowest BCUT2D eigenvalue weighted by Gasteiger charge is -2.26. The molecule has 1 saturated heterocycles. The highest BCUT2D eigenvalue weighted by Gasteiger charge is 2.31. The van der Waals surface area contributed by atoms with E-state index in [2.05, 4.69) is 19.2 Å². The van der Waals surface area contributed by atoms with Crippen LogP contribution in [0.25, 0.3) is 0 Å². The monoisotopic (exact) mass is 238 g/mol. The van der Waals surface area contributed by atoms with E-state index in [0.29, 0.717) is 6.04 Å². The fraction of sp³-hybridized carbons (Fsp3) is 1.00. The Hall–Kier alpha value is -0.290. The van der Waals surface area contributed by atoms with Gasteiger partial charge in [-0.15, -0.1) is 0 Å². The van der Waals surface area contributed by atoms with Gasteiger partial charge in [-0.2, -0.15) is 13.2 Å². The zero-order chi connectivity index (χ0) is 12.2. The van der Waals surface area contributed by atoms with Crippen molar-refractivity contribution in [3.63, 3.8) is 0 Å². The van der Waals surface area contributed by atoms with Crippen molar-refractivity contribution in [2.75, 3.05) is 19.6 Å². The SMILES string of the molecule is CC(C)NCC1CCCN1CCC(F)(F)F. The standard InChI is InChI=1S/C11H21F3N2/c1-9(2)15-8-10-4-3-6-16(10)7-5-11(12,13)14/h9-10,15H,3-8H2,1-2H3. The summed E-state index contributed by atoms with van der Waals surface area (Å²) >= 11 is 0. The summed E-state index contributed by atoms with van der Waals surface area (Å²) in [5, 5.41) is 3.29. The lowest BCUT2D eigenvalue weighted by atomic mass is 10.2. The third-order valence-corrected chi connectivity index (χ3v) is 2.94. The Balaban J connectivity index is 2.29. The molecule has 5 heteroatoms. The first-order valence-corrected chi connectivity index (χ1v) is 5.92. The van der Waals surface area contributed by atoms with Gasteiger partial charge in [-0.25, -0.2) is 0 Å². The van der Waals surface area contributed by atoms with Crippen LogP contribution in [0, 0.1) is 0 Å². The number of rotatable bonds is 5. The summed E-state index contributed by atoms with van der Waals surface area (Å²) in [6.07, 6.45) is -2.69. The number of alkyl halides is 3. The van der Waals surface area contributed by atoms with Crippen LogP contribution in [0.1, 0.15) is 33.1 Å². The molecule has 0 aromatic heterocycles. The topological polar surface area (TPSA) is 15.3 Å². The molecule has 0 aliphatic carbocycles. The van der Waals surface area contributed by atoms with Crippen LogP contribution in [0.4, 0.5) is 13.2 Å². The van der Waals surface area contributed by atoms with Crippen molar-refractivity contribution in [3.05, 3.63) is 0 Å². The zero-order valence-electron chi connectivity index (χ0n) is 9.98. The van der Waals surface area contributed by atoms with Gasteiger partial charge in [0.25, 0.3) is 0 Å². The number of nitrogens with zero attached hydrogens (tertiary/aromatic N) is 1. The van der Waals surface area contributed by atoms with Gasteiger partial charge in [0.05, 0.1) is 6.42 Å². The van der Waals surface area contributed by atoms with Crippen LogP contribution in [0.2, 0.25) is 0 Å². The summed E-state index contributed by atoms with van der Waals surface area (Å²) < 4.78 is 36.3. The first kappa shape index (κ1) is 13.8. The van der Waals surface area contributed by atoms with Gasteiger partial charge in [0.15, 0.2) is 0 Å². The Kier molecular flexibility index (Phi) is 5.05. The van der Waals surface area contributed by atoms with Gasteiger partial charge in [0, 0.05) is 25.2 Å². The van der Waals surface area contributed by atoms with E-state index in [1.807, 2.05) is 4.90 Å². The third-order valence-electron chi connectivity index (χ3n) is 2.94. The molecule has 0 aromatic rings. The minimum absolute atomic E-state index is 0.147. The van der Waals surface area contributed by atoms with Crippen LogP contribution < -0.4 is 5.32 Å². The molecule has 0 amide bonds. The average Bonchev–Trinajstić information content (AvgIpc) is 2.57. The first-order valence-electron chi connectivity index (χ1n) is 5.92. The van der Waals surface area contributed by atoms with E-state index in [9.17, 15) is 13.2 Å². The smallest absolute Gasteiger partial charge is 0.313 e. The van der Waals surface area contributed by atoms with Crippen molar-refractivity contribution in [1.29, 1.82) is 0 Å². The van der Waals surface area contributed by atoms with Crippen molar-refractivity contribution in [3.8, 4) is 0 Å². The Morgan fingerprint density at radius 3 is 2.62 bits per heavy atom. The highest BCUT2D eigenvalue weighted by molar-refractivity contribution is 4.81.